The van der Waals surface area contributed by atoms with Crippen LogP contribution in [0.4, 0.5) is 0 Å². The molecule has 0 radical (unpaired) electrons. The second kappa shape index (κ2) is 4.45. The van der Waals surface area contributed by atoms with Crippen molar-refractivity contribution in [1.29, 1.82) is 0 Å². The zero-order valence-corrected chi connectivity index (χ0v) is 9.31. The molecule has 0 aromatic rings. The first-order chi connectivity index (χ1) is 5.72. The predicted octanol–water partition coefficient (Wildman–Crippen LogP) is 2.93. The Morgan fingerprint density at radius 2 is 1.85 bits per heavy atom. The molecule has 0 saturated carbocycles. The van der Waals surface area contributed by atoms with Gasteiger partial charge in [-0.15, -0.1) is 0 Å². The maximum absolute atomic E-state index is 11.4. The van der Waals surface area contributed by atoms with E-state index in [2.05, 4.69) is 20.4 Å². The summed E-state index contributed by atoms with van der Waals surface area (Å²) in [4.78, 5) is 11.4. The molecule has 76 valence electrons. The van der Waals surface area contributed by atoms with Crippen molar-refractivity contribution < 1.29 is 9.53 Å². The quantitative estimate of drug-likeness (QED) is 0.498. The van der Waals surface area contributed by atoms with Crippen molar-refractivity contribution in [1.82, 2.24) is 0 Å². The third-order valence-corrected chi connectivity index (χ3v) is 1.34. The van der Waals surface area contributed by atoms with Crippen molar-refractivity contribution in [3.8, 4) is 0 Å². The van der Waals surface area contributed by atoms with Crippen LogP contribution in [0, 0.1) is 5.92 Å². The molecule has 0 spiro atoms. The highest BCUT2D eigenvalue weighted by Crippen LogP contribution is 2.14. The van der Waals surface area contributed by atoms with Gasteiger partial charge in [-0.25, -0.2) is 4.79 Å². The molecule has 0 fully saturated rings. The van der Waals surface area contributed by atoms with Crippen molar-refractivity contribution in [2.24, 2.45) is 5.92 Å². The van der Waals surface area contributed by atoms with E-state index in [1.165, 1.54) is 0 Å². The molecule has 0 rings (SSSR count). The SMILES string of the molecule is C=C(CC(C)C)C(=O)OC(C)(C)C. The third-order valence-electron chi connectivity index (χ3n) is 1.34. The first-order valence-electron chi connectivity index (χ1n) is 4.63. The van der Waals surface area contributed by atoms with E-state index in [9.17, 15) is 4.79 Å². The largest absolute Gasteiger partial charge is 0.457 e. The van der Waals surface area contributed by atoms with Crippen molar-refractivity contribution in [3.63, 3.8) is 0 Å². The van der Waals surface area contributed by atoms with Crippen LogP contribution in [-0.4, -0.2) is 11.6 Å². The van der Waals surface area contributed by atoms with Gasteiger partial charge in [0.25, 0.3) is 0 Å². The fourth-order valence-electron chi connectivity index (χ4n) is 0.926. The van der Waals surface area contributed by atoms with E-state index < -0.39 is 5.60 Å². The molecule has 0 amide bonds. The normalized spacial score (nSPS) is 11.5. The third kappa shape index (κ3) is 6.38. The molecule has 0 unspecified atom stereocenters. The fourth-order valence-corrected chi connectivity index (χ4v) is 0.926. The Balaban J connectivity index is 4.06. The Morgan fingerprint density at radius 3 is 2.15 bits per heavy atom. The summed E-state index contributed by atoms with van der Waals surface area (Å²) in [5, 5.41) is 0. The maximum Gasteiger partial charge on any atom is 0.333 e. The zero-order chi connectivity index (χ0) is 10.6. The Hall–Kier alpha value is -0.790. The summed E-state index contributed by atoms with van der Waals surface area (Å²) in [5.74, 6) is 0.168. The zero-order valence-electron chi connectivity index (χ0n) is 9.31. The summed E-state index contributed by atoms with van der Waals surface area (Å²) in [6, 6.07) is 0. The number of hydrogen-bond acceptors (Lipinski definition) is 2. The average molecular weight is 184 g/mol. The lowest BCUT2D eigenvalue weighted by Gasteiger charge is -2.20. The number of carbonyl (C=O) groups excluding carboxylic acids is 1. The first-order valence-corrected chi connectivity index (χ1v) is 4.63. The van der Waals surface area contributed by atoms with Crippen molar-refractivity contribution in [2.75, 3.05) is 0 Å². The number of rotatable bonds is 3. The van der Waals surface area contributed by atoms with Gasteiger partial charge >= 0.3 is 5.97 Å². The van der Waals surface area contributed by atoms with Crippen molar-refractivity contribution in [3.05, 3.63) is 12.2 Å². The van der Waals surface area contributed by atoms with Crippen LogP contribution in [0.5, 0.6) is 0 Å². The highest BCUT2D eigenvalue weighted by molar-refractivity contribution is 5.87. The van der Waals surface area contributed by atoms with Crippen molar-refractivity contribution >= 4 is 5.97 Å². The molecular weight excluding hydrogens is 164 g/mol. The number of carbonyl (C=O) groups is 1. The molecule has 0 aromatic carbocycles. The summed E-state index contributed by atoms with van der Waals surface area (Å²) in [6.45, 7) is 13.4. The molecule has 0 aliphatic rings. The number of esters is 1. The van der Waals surface area contributed by atoms with E-state index in [-0.39, 0.29) is 5.97 Å². The second-order valence-corrected chi connectivity index (χ2v) is 4.70. The molecule has 0 aliphatic carbocycles. The van der Waals surface area contributed by atoms with Gasteiger partial charge in [0.2, 0.25) is 0 Å². The molecule has 0 heterocycles. The molecule has 0 bridgehead atoms. The topological polar surface area (TPSA) is 26.3 Å². The second-order valence-electron chi connectivity index (χ2n) is 4.70. The summed E-state index contributed by atoms with van der Waals surface area (Å²) in [6.07, 6.45) is 0.703. The van der Waals surface area contributed by atoms with Crippen LogP contribution < -0.4 is 0 Å². The van der Waals surface area contributed by atoms with Gasteiger partial charge in [-0.1, -0.05) is 20.4 Å². The highest BCUT2D eigenvalue weighted by atomic mass is 16.6. The summed E-state index contributed by atoms with van der Waals surface area (Å²) >= 11 is 0. The minimum absolute atomic E-state index is 0.277. The molecule has 0 saturated heterocycles. The van der Waals surface area contributed by atoms with Gasteiger partial charge in [0, 0.05) is 5.57 Å². The van der Waals surface area contributed by atoms with Gasteiger partial charge < -0.3 is 4.74 Å². The van der Waals surface area contributed by atoms with E-state index in [4.69, 9.17) is 4.74 Å². The lowest BCUT2D eigenvalue weighted by molar-refractivity contribution is -0.150. The van der Waals surface area contributed by atoms with Gasteiger partial charge in [-0.05, 0) is 33.1 Å². The van der Waals surface area contributed by atoms with E-state index in [0.29, 0.717) is 17.9 Å². The van der Waals surface area contributed by atoms with Crippen LogP contribution in [0.2, 0.25) is 0 Å². The van der Waals surface area contributed by atoms with E-state index in [1.807, 2.05) is 20.8 Å². The van der Waals surface area contributed by atoms with Gasteiger partial charge in [-0.3, -0.25) is 0 Å². The lowest BCUT2D eigenvalue weighted by Crippen LogP contribution is -2.25. The molecule has 2 heteroatoms. The Bertz CT molecular complexity index is 197. The number of hydrogen-bond donors (Lipinski definition) is 0. The van der Waals surface area contributed by atoms with Crippen LogP contribution in [-0.2, 0) is 9.53 Å². The van der Waals surface area contributed by atoms with Crippen LogP contribution in [0.15, 0.2) is 12.2 Å². The standard InChI is InChI=1S/C11H20O2/c1-8(2)7-9(3)10(12)13-11(4,5)6/h8H,3,7H2,1-2,4-6H3. The molecule has 0 N–H and O–H groups in total. The van der Waals surface area contributed by atoms with Gasteiger partial charge in [-0.2, -0.15) is 0 Å². The molecule has 0 aromatic heterocycles. The summed E-state index contributed by atoms with van der Waals surface area (Å²) in [5.41, 5.74) is 0.140. The maximum atomic E-state index is 11.4. The van der Waals surface area contributed by atoms with Crippen LogP contribution in [0.1, 0.15) is 41.0 Å². The molecule has 0 aliphatic heterocycles. The highest BCUT2D eigenvalue weighted by Gasteiger charge is 2.18. The van der Waals surface area contributed by atoms with E-state index >= 15 is 0 Å². The molecule has 13 heavy (non-hydrogen) atoms. The first kappa shape index (κ1) is 12.2. The van der Waals surface area contributed by atoms with Crippen molar-refractivity contribution in [2.45, 2.75) is 46.6 Å². The summed E-state index contributed by atoms with van der Waals surface area (Å²) in [7, 11) is 0. The van der Waals surface area contributed by atoms with Crippen LogP contribution in [0.3, 0.4) is 0 Å². The Labute approximate surface area is 81.0 Å². The average Bonchev–Trinajstić information content (AvgIpc) is 1.81. The van der Waals surface area contributed by atoms with Crippen LogP contribution >= 0.6 is 0 Å². The predicted molar refractivity (Wildman–Crippen MR) is 54.4 cm³/mol. The smallest absolute Gasteiger partial charge is 0.333 e. The lowest BCUT2D eigenvalue weighted by atomic mass is 10.0. The van der Waals surface area contributed by atoms with Crippen LogP contribution in [0.25, 0.3) is 0 Å². The molecule has 0 atom stereocenters. The van der Waals surface area contributed by atoms with E-state index in [1.54, 1.807) is 0 Å². The molecular formula is C11H20O2. The number of ether oxygens (including phenoxy) is 1. The van der Waals surface area contributed by atoms with E-state index in [0.717, 1.165) is 0 Å². The van der Waals surface area contributed by atoms with Gasteiger partial charge in [0.05, 0.1) is 0 Å². The Morgan fingerprint density at radius 1 is 1.38 bits per heavy atom. The Kier molecular flexibility index (Phi) is 4.18. The monoisotopic (exact) mass is 184 g/mol. The summed E-state index contributed by atoms with van der Waals surface area (Å²) < 4.78 is 5.16. The van der Waals surface area contributed by atoms with Gasteiger partial charge in [0.1, 0.15) is 5.60 Å². The molecule has 2 nitrogen and oxygen atoms in total. The van der Waals surface area contributed by atoms with Gasteiger partial charge in [0.15, 0.2) is 0 Å². The minimum Gasteiger partial charge on any atom is -0.457 e. The minimum atomic E-state index is -0.420. The fraction of sp³-hybridized carbons (Fsp3) is 0.727.